The highest BCUT2D eigenvalue weighted by molar-refractivity contribution is 7.27. The Labute approximate surface area is 329 Å². The minimum absolute atomic E-state index is 0.0184. The van der Waals surface area contributed by atoms with Crippen molar-refractivity contribution in [2.24, 2.45) is 0 Å². The Balaban J connectivity index is 1.04. The van der Waals surface area contributed by atoms with E-state index in [-0.39, 0.29) is 5.41 Å². The SMILES string of the molecule is CC1(C)c2ccccc2-c2cc(-c3c4ccccc4c(-c4ccc(-c5cc6sc7c8ccccc8ccc7c6c6ccccc56)cc4)c4ccccc34)ccc21. The fourth-order valence-corrected chi connectivity index (χ4v) is 11.3. The van der Waals surface area contributed by atoms with Crippen LogP contribution in [0.1, 0.15) is 25.0 Å². The van der Waals surface area contributed by atoms with Crippen LogP contribution in [0.2, 0.25) is 0 Å². The highest BCUT2D eigenvalue weighted by atomic mass is 32.1. The first kappa shape index (κ1) is 31.8. The van der Waals surface area contributed by atoms with Crippen LogP contribution in [0.25, 0.3) is 108 Å². The first-order chi connectivity index (χ1) is 27.5. The number of hydrogen-bond acceptors (Lipinski definition) is 1. The molecule has 11 aromatic rings. The summed E-state index contributed by atoms with van der Waals surface area (Å²) in [5, 5.41) is 13.1. The molecule has 0 amide bonds. The van der Waals surface area contributed by atoms with Gasteiger partial charge in [0.05, 0.1) is 0 Å². The van der Waals surface area contributed by atoms with Crippen LogP contribution in [0.15, 0.2) is 182 Å². The Bertz CT molecular complexity index is 3370. The van der Waals surface area contributed by atoms with Gasteiger partial charge in [0.25, 0.3) is 0 Å². The first-order valence-corrected chi connectivity index (χ1v) is 20.4. The van der Waals surface area contributed by atoms with Crippen LogP contribution in [0.3, 0.4) is 0 Å². The number of benzene rings is 10. The number of fused-ring (bicyclic) bond motifs is 12. The van der Waals surface area contributed by atoms with E-state index in [0.29, 0.717) is 0 Å². The Morgan fingerprint density at radius 3 is 1.61 bits per heavy atom. The second-order valence-electron chi connectivity index (χ2n) is 16.0. The monoisotopic (exact) mass is 728 g/mol. The lowest BCUT2D eigenvalue weighted by atomic mass is 9.81. The van der Waals surface area contributed by atoms with Gasteiger partial charge in [-0.3, -0.25) is 0 Å². The van der Waals surface area contributed by atoms with Crippen molar-refractivity contribution in [3.63, 3.8) is 0 Å². The van der Waals surface area contributed by atoms with Gasteiger partial charge in [-0.1, -0.05) is 184 Å². The fraction of sp³-hybridized carbons (Fsp3) is 0.0545. The van der Waals surface area contributed by atoms with E-state index in [1.54, 1.807) is 0 Å². The summed E-state index contributed by atoms with van der Waals surface area (Å²) >= 11 is 1.92. The van der Waals surface area contributed by atoms with Crippen molar-refractivity contribution < 1.29 is 0 Å². The Kier molecular flexibility index (Phi) is 6.66. The summed E-state index contributed by atoms with van der Waals surface area (Å²) in [6.45, 7) is 4.71. The van der Waals surface area contributed by atoms with Crippen molar-refractivity contribution in [1.29, 1.82) is 0 Å². The predicted octanol–water partition coefficient (Wildman–Crippen LogP) is 16.0. The van der Waals surface area contributed by atoms with Crippen molar-refractivity contribution in [1.82, 2.24) is 0 Å². The molecule has 1 aromatic heterocycles. The zero-order valence-electron chi connectivity index (χ0n) is 31.2. The molecule has 1 heteroatoms. The lowest BCUT2D eigenvalue weighted by Crippen LogP contribution is -2.14. The lowest BCUT2D eigenvalue weighted by Gasteiger charge is -2.22. The van der Waals surface area contributed by atoms with E-state index in [4.69, 9.17) is 0 Å². The highest BCUT2D eigenvalue weighted by Crippen LogP contribution is 2.52. The van der Waals surface area contributed by atoms with Crippen LogP contribution in [-0.4, -0.2) is 0 Å². The molecule has 0 bridgehead atoms. The summed E-state index contributed by atoms with van der Waals surface area (Å²) in [7, 11) is 0. The predicted molar refractivity (Wildman–Crippen MR) is 243 cm³/mol. The van der Waals surface area contributed by atoms with Gasteiger partial charge >= 0.3 is 0 Å². The zero-order valence-corrected chi connectivity index (χ0v) is 32.0. The molecule has 0 unspecified atom stereocenters. The van der Waals surface area contributed by atoms with E-state index in [9.17, 15) is 0 Å². The maximum absolute atomic E-state index is 2.45. The molecule has 1 heterocycles. The lowest BCUT2D eigenvalue weighted by molar-refractivity contribution is 0.660. The van der Waals surface area contributed by atoms with Crippen molar-refractivity contribution in [3.05, 3.63) is 193 Å². The van der Waals surface area contributed by atoms with Gasteiger partial charge in [-0.2, -0.15) is 0 Å². The van der Waals surface area contributed by atoms with E-state index in [1.807, 2.05) is 11.3 Å². The molecule has 0 saturated carbocycles. The van der Waals surface area contributed by atoms with E-state index < -0.39 is 0 Å². The summed E-state index contributed by atoms with van der Waals surface area (Å²) in [4.78, 5) is 0. The molecule has 1 aliphatic carbocycles. The molecular formula is C55H36S. The van der Waals surface area contributed by atoms with Gasteiger partial charge in [0.2, 0.25) is 0 Å². The first-order valence-electron chi connectivity index (χ1n) is 19.6. The third kappa shape index (κ3) is 4.41. The number of thiophene rings is 1. The topological polar surface area (TPSA) is 0 Å². The van der Waals surface area contributed by atoms with Gasteiger partial charge in [0, 0.05) is 25.6 Å². The maximum Gasteiger partial charge on any atom is 0.0434 e. The quantitative estimate of drug-likeness (QED) is 0.159. The Morgan fingerprint density at radius 1 is 0.357 bits per heavy atom. The molecule has 12 rings (SSSR count). The van der Waals surface area contributed by atoms with Gasteiger partial charge in [-0.25, -0.2) is 0 Å². The maximum atomic E-state index is 2.45. The molecule has 0 N–H and O–H groups in total. The van der Waals surface area contributed by atoms with Gasteiger partial charge in [-0.15, -0.1) is 11.3 Å². The molecule has 0 saturated heterocycles. The van der Waals surface area contributed by atoms with Crippen molar-refractivity contribution >= 4 is 74.6 Å². The molecule has 0 aliphatic heterocycles. The highest BCUT2D eigenvalue weighted by Gasteiger charge is 2.35. The Hall–Kier alpha value is -6.54. The summed E-state index contributed by atoms with van der Waals surface area (Å²) in [6.07, 6.45) is 0. The number of hydrogen-bond donors (Lipinski definition) is 0. The van der Waals surface area contributed by atoms with Crippen molar-refractivity contribution in [2.75, 3.05) is 0 Å². The third-order valence-electron chi connectivity index (χ3n) is 12.7. The van der Waals surface area contributed by atoms with Crippen LogP contribution in [0, 0.1) is 0 Å². The van der Waals surface area contributed by atoms with Crippen LogP contribution in [0.4, 0.5) is 0 Å². The summed E-state index contributed by atoms with van der Waals surface area (Å²) in [5.74, 6) is 0. The van der Waals surface area contributed by atoms with Gasteiger partial charge < -0.3 is 0 Å². The summed E-state index contributed by atoms with van der Waals surface area (Å²) in [6, 6.07) is 68.3. The van der Waals surface area contributed by atoms with Crippen molar-refractivity contribution in [2.45, 2.75) is 19.3 Å². The average Bonchev–Trinajstić information content (AvgIpc) is 3.74. The minimum Gasteiger partial charge on any atom is -0.134 e. The van der Waals surface area contributed by atoms with Gasteiger partial charge in [-0.05, 0) is 111 Å². The molecule has 56 heavy (non-hydrogen) atoms. The summed E-state index contributed by atoms with van der Waals surface area (Å²) in [5.41, 5.74) is 13.1. The van der Waals surface area contributed by atoms with Crippen LogP contribution < -0.4 is 0 Å². The third-order valence-corrected chi connectivity index (χ3v) is 13.8. The Morgan fingerprint density at radius 2 is 0.893 bits per heavy atom. The largest absolute Gasteiger partial charge is 0.134 e. The molecule has 0 atom stereocenters. The zero-order chi connectivity index (χ0) is 37.1. The van der Waals surface area contributed by atoms with E-state index in [2.05, 4.69) is 196 Å². The average molecular weight is 729 g/mol. The number of rotatable bonds is 3. The van der Waals surface area contributed by atoms with Gasteiger partial charge in [0.15, 0.2) is 0 Å². The normalized spacial score (nSPS) is 13.3. The standard InChI is InChI=1S/C55H36S/c1-55(2)48-22-12-11-16-39(48)47-31-36(28-30-49(47)55)52-43-20-9-7-18-41(43)51(42-19-8-10-21-44(42)52)35-25-23-34(24-26-35)46-32-50-53(40-17-6-5-15-38(40)46)45-29-27-33-13-3-4-14-37(33)54(45)56-50/h3-32H,1-2H3. The molecular weight excluding hydrogens is 693 g/mol. The molecule has 0 spiro atoms. The molecule has 262 valence electrons. The molecule has 0 fully saturated rings. The minimum atomic E-state index is -0.0184. The smallest absolute Gasteiger partial charge is 0.0434 e. The van der Waals surface area contributed by atoms with Gasteiger partial charge in [0.1, 0.15) is 0 Å². The molecule has 0 radical (unpaired) electrons. The molecule has 0 nitrogen and oxygen atoms in total. The van der Waals surface area contributed by atoms with Crippen molar-refractivity contribution in [3.8, 4) is 44.5 Å². The van der Waals surface area contributed by atoms with E-state index in [0.717, 1.165) is 0 Å². The van der Waals surface area contributed by atoms with Crippen LogP contribution in [-0.2, 0) is 5.41 Å². The summed E-state index contributed by atoms with van der Waals surface area (Å²) < 4.78 is 2.70. The second-order valence-corrected chi connectivity index (χ2v) is 17.0. The van der Waals surface area contributed by atoms with E-state index >= 15 is 0 Å². The molecule has 1 aliphatic rings. The van der Waals surface area contributed by atoms with E-state index in [1.165, 1.54) is 119 Å². The fourth-order valence-electron chi connectivity index (χ4n) is 10.0. The van der Waals surface area contributed by atoms with Crippen LogP contribution >= 0.6 is 11.3 Å². The second kappa shape index (κ2) is 11.7. The molecule has 10 aromatic carbocycles. The van der Waals surface area contributed by atoms with Crippen LogP contribution in [0.5, 0.6) is 0 Å².